The Labute approximate surface area is 96.7 Å². The number of aliphatic hydroxyl groups is 1. The van der Waals surface area contributed by atoms with Crippen LogP contribution in [0.2, 0.25) is 0 Å². The van der Waals surface area contributed by atoms with Crippen LogP contribution >= 0.6 is 0 Å². The minimum Gasteiger partial charge on any atom is -0.598 e. The van der Waals surface area contributed by atoms with Gasteiger partial charge >= 0.3 is 0 Å². The first-order valence-corrected chi connectivity index (χ1v) is 6.09. The molecule has 0 fully saturated rings. The van der Waals surface area contributed by atoms with Crippen LogP contribution in [-0.2, 0) is 17.9 Å². The van der Waals surface area contributed by atoms with Crippen LogP contribution in [0.1, 0.15) is 31.6 Å². The minimum absolute atomic E-state index is 0.0158. The van der Waals surface area contributed by atoms with Crippen molar-refractivity contribution in [2.45, 2.75) is 31.7 Å². The molecular weight excluding hydrogens is 232 g/mol. The molecule has 0 aliphatic carbocycles. The second-order valence-electron chi connectivity index (χ2n) is 3.50. The highest BCUT2D eigenvalue weighted by Crippen LogP contribution is 2.06. The molecular formula is C8H16N4O3S. The summed E-state index contributed by atoms with van der Waals surface area (Å²) in [6, 6.07) is -0.645. The van der Waals surface area contributed by atoms with Crippen LogP contribution in [-0.4, -0.2) is 31.7 Å². The van der Waals surface area contributed by atoms with Gasteiger partial charge < -0.3 is 19.9 Å². The van der Waals surface area contributed by atoms with Crippen molar-refractivity contribution in [3.05, 3.63) is 11.7 Å². The molecule has 0 saturated heterocycles. The molecule has 1 heterocycles. The van der Waals surface area contributed by atoms with Crippen LogP contribution in [0.4, 0.5) is 0 Å². The fourth-order valence-electron chi connectivity index (χ4n) is 0.872. The Bertz CT molecular complexity index is 320. The molecule has 0 spiro atoms. The molecule has 0 radical (unpaired) electrons. The summed E-state index contributed by atoms with van der Waals surface area (Å²) in [5.74, 6) is 0.544. The number of nitrogens with two attached hydrogens (primary N) is 1. The summed E-state index contributed by atoms with van der Waals surface area (Å²) >= 11 is -1.13. The topological polar surface area (TPSA) is 120 Å². The van der Waals surface area contributed by atoms with Crippen molar-refractivity contribution in [2.75, 3.05) is 6.61 Å². The second-order valence-corrected chi connectivity index (χ2v) is 5.33. The zero-order chi connectivity index (χ0) is 12.1. The predicted molar refractivity (Wildman–Crippen MR) is 58.4 cm³/mol. The van der Waals surface area contributed by atoms with E-state index in [1.54, 1.807) is 0 Å². The molecule has 1 aromatic rings. The summed E-state index contributed by atoms with van der Waals surface area (Å²) in [5, 5.41) is 12.4. The van der Waals surface area contributed by atoms with E-state index in [0.717, 1.165) is 0 Å². The SMILES string of the molecule is CC(C)[S+]([O-])NCc1nc(C(N)CO)no1. The Morgan fingerprint density at radius 1 is 1.62 bits per heavy atom. The lowest BCUT2D eigenvalue weighted by molar-refractivity contribution is 0.259. The molecule has 7 nitrogen and oxygen atoms in total. The Morgan fingerprint density at radius 3 is 2.88 bits per heavy atom. The van der Waals surface area contributed by atoms with Crippen LogP contribution in [0.5, 0.6) is 0 Å². The average Bonchev–Trinajstić information content (AvgIpc) is 2.73. The van der Waals surface area contributed by atoms with E-state index in [4.69, 9.17) is 15.4 Å². The zero-order valence-electron chi connectivity index (χ0n) is 9.21. The maximum Gasteiger partial charge on any atom is 0.245 e. The lowest BCUT2D eigenvalue weighted by Crippen LogP contribution is -2.30. The van der Waals surface area contributed by atoms with Crippen molar-refractivity contribution < 1.29 is 14.2 Å². The molecule has 8 heteroatoms. The Balaban J connectivity index is 2.46. The van der Waals surface area contributed by atoms with Crippen LogP contribution in [0.15, 0.2) is 4.52 Å². The van der Waals surface area contributed by atoms with Crippen LogP contribution in [0.3, 0.4) is 0 Å². The lowest BCUT2D eigenvalue weighted by atomic mass is 10.3. The second kappa shape index (κ2) is 6.16. The van der Waals surface area contributed by atoms with Crippen molar-refractivity contribution in [1.29, 1.82) is 0 Å². The molecule has 1 rings (SSSR count). The lowest BCUT2D eigenvalue weighted by Gasteiger charge is -2.12. The summed E-state index contributed by atoms with van der Waals surface area (Å²) in [6.07, 6.45) is 0. The molecule has 92 valence electrons. The van der Waals surface area contributed by atoms with Crippen LogP contribution < -0.4 is 10.5 Å². The third-order valence-corrected chi connectivity index (χ3v) is 3.09. The fourth-order valence-corrected chi connectivity index (χ4v) is 1.47. The molecule has 0 bridgehead atoms. The quantitative estimate of drug-likeness (QED) is 0.565. The van der Waals surface area contributed by atoms with Gasteiger partial charge in [-0.05, 0) is 13.8 Å². The molecule has 2 atom stereocenters. The third kappa shape index (κ3) is 3.72. The molecule has 0 aromatic carbocycles. The summed E-state index contributed by atoms with van der Waals surface area (Å²) in [6.45, 7) is 3.65. The highest BCUT2D eigenvalue weighted by Gasteiger charge is 2.16. The number of aliphatic hydroxyl groups excluding tert-OH is 1. The van der Waals surface area contributed by atoms with E-state index in [9.17, 15) is 4.55 Å². The predicted octanol–water partition coefficient (Wildman–Crippen LogP) is -0.777. The first-order valence-electron chi connectivity index (χ1n) is 4.87. The van der Waals surface area contributed by atoms with Gasteiger partial charge in [0.1, 0.15) is 11.8 Å². The van der Waals surface area contributed by atoms with E-state index in [1.807, 2.05) is 13.8 Å². The van der Waals surface area contributed by atoms with Crippen LogP contribution in [0, 0.1) is 0 Å². The minimum atomic E-state index is -1.13. The molecule has 0 saturated carbocycles. The average molecular weight is 248 g/mol. The summed E-state index contributed by atoms with van der Waals surface area (Å²) in [4.78, 5) is 3.95. The van der Waals surface area contributed by atoms with Gasteiger partial charge in [-0.2, -0.15) is 4.98 Å². The fraction of sp³-hybridized carbons (Fsp3) is 0.750. The normalized spacial score (nSPS) is 15.4. The summed E-state index contributed by atoms with van der Waals surface area (Å²) in [5.41, 5.74) is 5.50. The molecule has 0 amide bonds. The number of nitrogens with one attached hydrogen (secondary N) is 1. The maximum absolute atomic E-state index is 11.4. The van der Waals surface area contributed by atoms with Crippen molar-refractivity contribution in [3.8, 4) is 0 Å². The van der Waals surface area contributed by atoms with Gasteiger partial charge in [-0.15, -0.1) is 4.72 Å². The maximum atomic E-state index is 11.4. The Hall–Kier alpha value is -0.670. The van der Waals surface area contributed by atoms with E-state index in [0.29, 0.717) is 5.89 Å². The highest BCUT2D eigenvalue weighted by molar-refractivity contribution is 7.90. The van der Waals surface area contributed by atoms with E-state index in [1.165, 1.54) is 0 Å². The Morgan fingerprint density at radius 2 is 2.31 bits per heavy atom. The largest absolute Gasteiger partial charge is 0.598 e. The number of rotatable bonds is 6. The first-order chi connectivity index (χ1) is 7.54. The standard InChI is InChI=1S/C8H16N4O3S/c1-5(2)16(14)10-3-7-11-8(12-15-7)6(9)4-13/h5-6,10,13H,3-4,9H2,1-2H3. The molecule has 1 aromatic heterocycles. The number of aromatic nitrogens is 2. The Kier molecular flexibility index (Phi) is 5.16. The van der Waals surface area contributed by atoms with E-state index >= 15 is 0 Å². The molecule has 0 aliphatic heterocycles. The smallest absolute Gasteiger partial charge is 0.245 e. The van der Waals surface area contributed by atoms with E-state index in [2.05, 4.69) is 14.9 Å². The van der Waals surface area contributed by atoms with Crippen LogP contribution in [0.25, 0.3) is 0 Å². The van der Waals surface area contributed by atoms with Gasteiger partial charge in [0.05, 0.1) is 12.6 Å². The monoisotopic (exact) mass is 248 g/mol. The summed E-state index contributed by atoms with van der Waals surface area (Å²) < 4.78 is 19.0. The summed E-state index contributed by atoms with van der Waals surface area (Å²) in [7, 11) is 0. The number of hydrogen-bond donors (Lipinski definition) is 3. The first kappa shape index (κ1) is 13.4. The van der Waals surface area contributed by atoms with Gasteiger partial charge in [0.15, 0.2) is 5.82 Å². The van der Waals surface area contributed by atoms with E-state index < -0.39 is 17.4 Å². The highest BCUT2D eigenvalue weighted by atomic mass is 32.2. The molecule has 0 aliphatic rings. The van der Waals surface area contributed by atoms with Gasteiger partial charge in [-0.25, -0.2) is 0 Å². The van der Waals surface area contributed by atoms with Gasteiger partial charge in [-0.3, -0.25) is 0 Å². The van der Waals surface area contributed by atoms with Crippen molar-refractivity contribution in [1.82, 2.24) is 14.9 Å². The van der Waals surface area contributed by atoms with Crippen molar-refractivity contribution in [2.24, 2.45) is 5.73 Å². The van der Waals surface area contributed by atoms with Crippen molar-refractivity contribution >= 4 is 11.4 Å². The van der Waals surface area contributed by atoms with Gasteiger partial charge in [0.25, 0.3) is 0 Å². The number of nitrogens with zero attached hydrogens (tertiary/aromatic N) is 2. The molecule has 2 unspecified atom stereocenters. The molecule has 16 heavy (non-hydrogen) atoms. The van der Waals surface area contributed by atoms with E-state index in [-0.39, 0.29) is 24.2 Å². The number of hydrogen-bond acceptors (Lipinski definition) is 7. The van der Waals surface area contributed by atoms with Gasteiger partial charge in [0.2, 0.25) is 5.89 Å². The van der Waals surface area contributed by atoms with Gasteiger partial charge in [0, 0.05) is 11.4 Å². The van der Waals surface area contributed by atoms with Gasteiger partial charge in [-0.1, -0.05) is 5.16 Å². The zero-order valence-corrected chi connectivity index (χ0v) is 10.0. The third-order valence-electron chi connectivity index (χ3n) is 1.81. The van der Waals surface area contributed by atoms with Crippen molar-refractivity contribution in [3.63, 3.8) is 0 Å². The molecule has 4 N–H and O–H groups in total.